The molecule has 0 spiro atoms. The Morgan fingerprint density at radius 2 is 2.25 bits per heavy atom. The average molecular weight is 338 g/mol. The highest BCUT2D eigenvalue weighted by atomic mass is 32.1. The van der Waals surface area contributed by atoms with Gasteiger partial charge in [0.2, 0.25) is 0 Å². The summed E-state index contributed by atoms with van der Waals surface area (Å²) in [6.45, 7) is 3.91. The van der Waals surface area contributed by atoms with Crippen molar-refractivity contribution in [1.29, 1.82) is 0 Å². The first-order valence-corrected chi connectivity index (χ1v) is 9.54. The van der Waals surface area contributed by atoms with E-state index in [1.165, 1.54) is 26.8 Å². The lowest BCUT2D eigenvalue weighted by atomic mass is 10.0. The summed E-state index contributed by atoms with van der Waals surface area (Å²) >= 11 is 1.76. The van der Waals surface area contributed by atoms with Crippen LogP contribution in [-0.4, -0.2) is 24.2 Å². The number of pyridine rings is 1. The van der Waals surface area contributed by atoms with E-state index in [9.17, 15) is 0 Å². The van der Waals surface area contributed by atoms with Gasteiger partial charge in [0.15, 0.2) is 0 Å². The molecule has 124 valence electrons. The van der Waals surface area contributed by atoms with Gasteiger partial charge in [-0.1, -0.05) is 25.1 Å². The van der Waals surface area contributed by atoms with Crippen molar-refractivity contribution in [2.24, 2.45) is 0 Å². The second-order valence-corrected chi connectivity index (χ2v) is 7.19. The number of hydrogen-bond acceptors (Lipinski definition) is 4. The van der Waals surface area contributed by atoms with E-state index >= 15 is 0 Å². The predicted octanol–water partition coefficient (Wildman–Crippen LogP) is 5.12. The Balaban J connectivity index is 1.74. The van der Waals surface area contributed by atoms with Crippen LogP contribution in [0.25, 0.3) is 21.2 Å². The molecule has 1 aliphatic heterocycles. The lowest BCUT2D eigenvalue weighted by molar-refractivity contribution is 0.120. The molecule has 1 atom stereocenters. The van der Waals surface area contributed by atoms with E-state index in [-0.39, 0.29) is 0 Å². The van der Waals surface area contributed by atoms with Gasteiger partial charge in [0.1, 0.15) is 5.82 Å². The topological polar surface area (TPSA) is 34.2 Å². The zero-order valence-electron chi connectivity index (χ0n) is 13.9. The van der Waals surface area contributed by atoms with Crippen LogP contribution in [0, 0.1) is 0 Å². The number of aromatic nitrogens is 1. The number of benzene rings is 1. The summed E-state index contributed by atoms with van der Waals surface area (Å²) in [6, 6.07) is 11.0. The molecule has 1 aromatic carbocycles. The number of aryl methyl sites for hydroxylation is 1. The molecule has 4 rings (SSSR count). The third kappa shape index (κ3) is 3.04. The Hall–Kier alpha value is -1.91. The fourth-order valence-corrected chi connectivity index (χ4v) is 4.05. The van der Waals surface area contributed by atoms with Crippen molar-refractivity contribution in [3.05, 3.63) is 47.5 Å². The molecule has 0 saturated carbocycles. The fraction of sp³-hybridized carbons (Fsp3) is 0.350. The lowest BCUT2D eigenvalue weighted by Crippen LogP contribution is -2.19. The Kier molecular flexibility index (Phi) is 4.50. The number of rotatable bonds is 5. The smallest absolute Gasteiger partial charge is 0.133 e. The number of thiophene rings is 1. The van der Waals surface area contributed by atoms with Crippen molar-refractivity contribution in [2.75, 3.05) is 18.5 Å². The second-order valence-electron chi connectivity index (χ2n) is 6.25. The summed E-state index contributed by atoms with van der Waals surface area (Å²) in [6.07, 6.45) is 5.64. The van der Waals surface area contributed by atoms with Gasteiger partial charge in [-0.25, -0.2) is 4.98 Å². The summed E-state index contributed by atoms with van der Waals surface area (Å²) < 4.78 is 5.73. The molecule has 1 saturated heterocycles. The maximum absolute atomic E-state index is 5.73. The van der Waals surface area contributed by atoms with E-state index in [2.05, 4.69) is 48.0 Å². The Bertz CT molecular complexity index is 823. The van der Waals surface area contributed by atoms with Crippen molar-refractivity contribution in [2.45, 2.75) is 32.3 Å². The van der Waals surface area contributed by atoms with Crippen molar-refractivity contribution in [3.8, 4) is 10.4 Å². The molecule has 1 unspecified atom stereocenters. The molecule has 0 aliphatic carbocycles. The minimum atomic E-state index is 0.313. The number of nitrogens with zero attached hydrogens (tertiary/aromatic N) is 1. The van der Waals surface area contributed by atoms with Crippen LogP contribution in [0.2, 0.25) is 0 Å². The maximum atomic E-state index is 5.73. The van der Waals surface area contributed by atoms with Gasteiger partial charge in [-0.3, -0.25) is 0 Å². The average Bonchev–Trinajstić information content (AvgIpc) is 3.32. The molecule has 0 bridgehead atoms. The quantitative estimate of drug-likeness (QED) is 0.701. The molecular weight excluding hydrogens is 316 g/mol. The van der Waals surface area contributed by atoms with Crippen molar-refractivity contribution in [1.82, 2.24) is 4.98 Å². The van der Waals surface area contributed by atoms with Crippen LogP contribution in [0.1, 0.15) is 25.3 Å². The Morgan fingerprint density at radius 3 is 3.00 bits per heavy atom. The second kappa shape index (κ2) is 6.91. The highest BCUT2D eigenvalue weighted by Crippen LogP contribution is 2.34. The normalized spacial score (nSPS) is 17.5. The summed E-state index contributed by atoms with van der Waals surface area (Å²) in [5, 5.41) is 8.11. The van der Waals surface area contributed by atoms with E-state index in [0.29, 0.717) is 6.10 Å². The molecule has 2 aromatic heterocycles. The molecule has 1 fully saturated rings. The van der Waals surface area contributed by atoms with Crippen LogP contribution in [0.5, 0.6) is 0 Å². The first kappa shape index (κ1) is 15.6. The molecular formula is C20H22N2OS. The van der Waals surface area contributed by atoms with E-state index in [0.717, 1.165) is 38.2 Å². The molecule has 1 N–H and O–H groups in total. The van der Waals surface area contributed by atoms with Crippen LogP contribution in [0.3, 0.4) is 0 Å². The van der Waals surface area contributed by atoms with Crippen LogP contribution < -0.4 is 5.32 Å². The summed E-state index contributed by atoms with van der Waals surface area (Å²) in [5.74, 6) is 0.969. The highest BCUT2D eigenvalue weighted by Gasteiger charge is 2.16. The molecule has 1 aliphatic rings. The van der Waals surface area contributed by atoms with Gasteiger partial charge in [0, 0.05) is 35.2 Å². The molecule has 3 nitrogen and oxygen atoms in total. The summed E-state index contributed by atoms with van der Waals surface area (Å²) in [5.41, 5.74) is 2.55. The van der Waals surface area contributed by atoms with Crippen molar-refractivity contribution >= 4 is 27.9 Å². The predicted molar refractivity (Wildman–Crippen MR) is 102 cm³/mol. The number of nitrogens with one attached hydrogen (secondary N) is 1. The molecule has 4 heteroatoms. The number of anilines is 1. The summed E-state index contributed by atoms with van der Waals surface area (Å²) in [4.78, 5) is 6.01. The van der Waals surface area contributed by atoms with Gasteiger partial charge in [0.25, 0.3) is 0 Å². The van der Waals surface area contributed by atoms with Crippen molar-refractivity contribution in [3.63, 3.8) is 0 Å². The van der Waals surface area contributed by atoms with E-state index in [4.69, 9.17) is 9.72 Å². The Morgan fingerprint density at radius 1 is 1.29 bits per heavy atom. The molecule has 3 aromatic rings. The maximum Gasteiger partial charge on any atom is 0.133 e. The van der Waals surface area contributed by atoms with E-state index < -0.39 is 0 Å². The molecule has 3 heterocycles. The van der Waals surface area contributed by atoms with Crippen LogP contribution in [-0.2, 0) is 11.2 Å². The highest BCUT2D eigenvalue weighted by molar-refractivity contribution is 7.13. The lowest BCUT2D eigenvalue weighted by Gasteiger charge is -2.15. The zero-order chi connectivity index (χ0) is 16.4. The minimum absolute atomic E-state index is 0.313. The molecule has 0 amide bonds. The van der Waals surface area contributed by atoms with Crippen LogP contribution in [0.4, 0.5) is 5.82 Å². The van der Waals surface area contributed by atoms with E-state index in [1.807, 2.05) is 6.20 Å². The largest absolute Gasteiger partial charge is 0.376 e. The van der Waals surface area contributed by atoms with Gasteiger partial charge in [-0.15, -0.1) is 11.3 Å². The van der Waals surface area contributed by atoms with E-state index in [1.54, 1.807) is 11.3 Å². The molecule has 0 radical (unpaired) electrons. The monoisotopic (exact) mass is 338 g/mol. The van der Waals surface area contributed by atoms with Gasteiger partial charge >= 0.3 is 0 Å². The molecule has 24 heavy (non-hydrogen) atoms. The van der Waals surface area contributed by atoms with Crippen LogP contribution in [0.15, 0.2) is 41.9 Å². The standard InChI is InChI=1S/C20H22N2OS/c1-2-14-7-8-16-17(11-14)20(21-12-15-5-3-9-23-15)22-13-18(16)19-6-4-10-24-19/h4,6-8,10-11,13,15H,2-3,5,9,12H2,1H3,(H,21,22). The summed E-state index contributed by atoms with van der Waals surface area (Å²) in [7, 11) is 0. The number of hydrogen-bond donors (Lipinski definition) is 1. The number of fused-ring (bicyclic) bond motifs is 1. The van der Waals surface area contributed by atoms with Gasteiger partial charge in [-0.05, 0) is 47.7 Å². The van der Waals surface area contributed by atoms with Gasteiger partial charge in [-0.2, -0.15) is 0 Å². The third-order valence-electron chi connectivity index (χ3n) is 4.67. The first-order valence-electron chi connectivity index (χ1n) is 8.66. The Labute approximate surface area is 146 Å². The minimum Gasteiger partial charge on any atom is -0.376 e. The van der Waals surface area contributed by atoms with Gasteiger partial charge in [0.05, 0.1) is 6.10 Å². The zero-order valence-corrected chi connectivity index (χ0v) is 14.7. The van der Waals surface area contributed by atoms with Gasteiger partial charge < -0.3 is 10.1 Å². The fourth-order valence-electron chi connectivity index (χ4n) is 3.30. The van der Waals surface area contributed by atoms with Crippen molar-refractivity contribution < 1.29 is 4.74 Å². The first-order chi connectivity index (χ1) is 11.8. The SMILES string of the molecule is CCc1ccc2c(-c3cccs3)cnc(NCC3CCCO3)c2c1. The third-order valence-corrected chi connectivity index (χ3v) is 5.57. The number of ether oxygens (including phenoxy) is 1. The van der Waals surface area contributed by atoms with Crippen LogP contribution >= 0.6 is 11.3 Å².